The van der Waals surface area contributed by atoms with Gasteiger partial charge in [0.15, 0.2) is 0 Å². The summed E-state index contributed by atoms with van der Waals surface area (Å²) in [6.45, 7) is 0.0578. The zero-order valence-electron chi connectivity index (χ0n) is 17.3. The maximum atomic E-state index is 12.5. The second-order valence-corrected chi connectivity index (χ2v) is 8.91. The van der Waals surface area contributed by atoms with Crippen LogP contribution in [0.25, 0.3) is 10.9 Å². The van der Waals surface area contributed by atoms with Crippen LogP contribution in [0.5, 0.6) is 0 Å². The Morgan fingerprint density at radius 2 is 1.58 bits per heavy atom. The molecule has 0 aliphatic carbocycles. The van der Waals surface area contributed by atoms with Gasteiger partial charge in [0.1, 0.15) is 0 Å². The molecule has 0 saturated carbocycles. The van der Waals surface area contributed by atoms with Gasteiger partial charge in [0, 0.05) is 18.7 Å². The zero-order valence-corrected chi connectivity index (χ0v) is 18.1. The standard InChI is InChI=1S/C23H20N4O5S/c28-21(13-14-27-20-12-5-4-11-19(20)22(29)25-23(27)30)24-16-7-6-8-17(15-16)26-33(31,32)18-9-2-1-3-10-18/h1-12,15,26H,13-14H2,(H,24,28)(H,25,29,30). The van der Waals surface area contributed by atoms with E-state index in [0.29, 0.717) is 22.3 Å². The Labute approximate surface area is 188 Å². The van der Waals surface area contributed by atoms with Gasteiger partial charge in [0.05, 0.1) is 21.5 Å². The van der Waals surface area contributed by atoms with Crippen molar-refractivity contribution in [1.29, 1.82) is 0 Å². The molecule has 0 saturated heterocycles. The smallest absolute Gasteiger partial charge is 0.326 e. The molecule has 0 unspecified atom stereocenters. The average molecular weight is 465 g/mol. The highest BCUT2D eigenvalue weighted by molar-refractivity contribution is 7.92. The number of hydrogen-bond donors (Lipinski definition) is 3. The van der Waals surface area contributed by atoms with Crippen molar-refractivity contribution >= 4 is 38.2 Å². The molecule has 168 valence electrons. The van der Waals surface area contributed by atoms with Crippen molar-refractivity contribution < 1.29 is 13.2 Å². The van der Waals surface area contributed by atoms with Gasteiger partial charge in [-0.3, -0.25) is 23.9 Å². The fraction of sp³-hybridized carbons (Fsp3) is 0.0870. The second kappa shape index (κ2) is 9.13. The summed E-state index contributed by atoms with van der Waals surface area (Å²) in [6, 6.07) is 20.9. The summed E-state index contributed by atoms with van der Waals surface area (Å²) >= 11 is 0. The summed E-state index contributed by atoms with van der Waals surface area (Å²) < 4.78 is 28.8. The van der Waals surface area contributed by atoms with E-state index in [0.717, 1.165) is 0 Å². The van der Waals surface area contributed by atoms with E-state index in [1.165, 1.54) is 22.8 Å². The summed E-state index contributed by atoms with van der Waals surface area (Å²) in [6.07, 6.45) is -0.0318. The highest BCUT2D eigenvalue weighted by Crippen LogP contribution is 2.19. The van der Waals surface area contributed by atoms with Gasteiger partial charge >= 0.3 is 5.69 Å². The fourth-order valence-electron chi connectivity index (χ4n) is 3.38. The van der Waals surface area contributed by atoms with E-state index < -0.39 is 21.3 Å². The molecule has 1 heterocycles. The first kappa shape index (κ1) is 22.0. The maximum absolute atomic E-state index is 12.5. The quantitative estimate of drug-likeness (QED) is 0.387. The van der Waals surface area contributed by atoms with Crippen LogP contribution >= 0.6 is 0 Å². The molecule has 0 aliphatic rings. The Hall–Kier alpha value is -4.18. The zero-order chi connectivity index (χ0) is 23.4. The highest BCUT2D eigenvalue weighted by atomic mass is 32.2. The molecular formula is C23H20N4O5S. The Bertz CT molecular complexity index is 1540. The predicted octanol–water partition coefficient (Wildman–Crippen LogP) is 2.52. The van der Waals surface area contributed by atoms with Gasteiger partial charge in [0.2, 0.25) is 5.91 Å². The molecule has 3 aromatic carbocycles. The number of benzene rings is 3. The third-order valence-corrected chi connectivity index (χ3v) is 6.32. The number of aromatic nitrogens is 2. The molecule has 3 N–H and O–H groups in total. The molecule has 0 fully saturated rings. The Balaban J connectivity index is 1.46. The van der Waals surface area contributed by atoms with E-state index in [1.807, 2.05) is 0 Å². The number of hydrogen-bond acceptors (Lipinski definition) is 5. The van der Waals surface area contributed by atoms with Crippen molar-refractivity contribution in [2.24, 2.45) is 0 Å². The molecule has 10 heteroatoms. The molecule has 9 nitrogen and oxygen atoms in total. The third-order valence-electron chi connectivity index (χ3n) is 4.92. The summed E-state index contributed by atoms with van der Waals surface area (Å²) in [5, 5.41) is 3.05. The van der Waals surface area contributed by atoms with Crippen LogP contribution in [-0.2, 0) is 21.4 Å². The topological polar surface area (TPSA) is 130 Å². The molecule has 0 atom stereocenters. The minimum absolute atomic E-state index is 0.0318. The van der Waals surface area contributed by atoms with Gasteiger partial charge < -0.3 is 5.32 Å². The lowest BCUT2D eigenvalue weighted by Gasteiger charge is -2.11. The van der Waals surface area contributed by atoms with Crippen molar-refractivity contribution in [2.45, 2.75) is 17.9 Å². The average Bonchev–Trinajstić information content (AvgIpc) is 2.79. The predicted molar refractivity (Wildman–Crippen MR) is 126 cm³/mol. The van der Waals surface area contributed by atoms with Crippen LogP contribution in [0.1, 0.15) is 6.42 Å². The van der Waals surface area contributed by atoms with Gasteiger partial charge in [-0.25, -0.2) is 13.2 Å². The molecule has 1 aromatic heterocycles. The Morgan fingerprint density at radius 3 is 2.36 bits per heavy atom. The van der Waals surface area contributed by atoms with E-state index in [-0.39, 0.29) is 23.8 Å². The van der Waals surface area contributed by atoms with Gasteiger partial charge in [-0.15, -0.1) is 0 Å². The first-order valence-electron chi connectivity index (χ1n) is 10.0. The molecular weight excluding hydrogens is 444 g/mol. The second-order valence-electron chi connectivity index (χ2n) is 7.23. The first-order valence-corrected chi connectivity index (χ1v) is 11.5. The number of aromatic amines is 1. The minimum atomic E-state index is -3.76. The molecule has 1 amide bonds. The number of nitrogens with one attached hydrogen (secondary N) is 3. The number of carbonyl (C=O) groups is 1. The van der Waals surface area contributed by atoms with Crippen molar-refractivity contribution in [3.05, 3.63) is 99.7 Å². The van der Waals surface area contributed by atoms with Crippen molar-refractivity contribution in [3.8, 4) is 0 Å². The van der Waals surface area contributed by atoms with Gasteiger partial charge in [-0.2, -0.15) is 0 Å². The van der Waals surface area contributed by atoms with Crippen molar-refractivity contribution in [2.75, 3.05) is 10.0 Å². The number of anilines is 2. The number of carbonyl (C=O) groups excluding carboxylic acids is 1. The van der Waals surface area contributed by atoms with Crippen LogP contribution in [0.3, 0.4) is 0 Å². The van der Waals surface area contributed by atoms with Crippen molar-refractivity contribution in [1.82, 2.24) is 9.55 Å². The monoisotopic (exact) mass is 464 g/mol. The number of H-pyrrole nitrogens is 1. The normalized spacial score (nSPS) is 11.3. The van der Waals surface area contributed by atoms with Crippen LogP contribution in [0.15, 0.2) is 93.3 Å². The van der Waals surface area contributed by atoms with Crippen LogP contribution in [0.4, 0.5) is 11.4 Å². The van der Waals surface area contributed by atoms with Crippen LogP contribution in [-0.4, -0.2) is 23.9 Å². The Morgan fingerprint density at radius 1 is 0.879 bits per heavy atom. The maximum Gasteiger partial charge on any atom is 0.328 e. The van der Waals surface area contributed by atoms with Gasteiger partial charge in [-0.1, -0.05) is 36.4 Å². The number of rotatable bonds is 7. The van der Waals surface area contributed by atoms with Gasteiger partial charge in [0.25, 0.3) is 15.6 Å². The van der Waals surface area contributed by atoms with E-state index >= 15 is 0 Å². The number of nitrogens with zero attached hydrogens (tertiary/aromatic N) is 1. The number of sulfonamides is 1. The number of aryl methyl sites for hydroxylation is 1. The summed E-state index contributed by atoms with van der Waals surface area (Å²) in [5.41, 5.74) is 0.0534. The van der Waals surface area contributed by atoms with Crippen LogP contribution in [0, 0.1) is 0 Å². The summed E-state index contributed by atoms with van der Waals surface area (Å²) in [4.78, 5) is 39.0. The fourth-order valence-corrected chi connectivity index (χ4v) is 4.45. The summed E-state index contributed by atoms with van der Waals surface area (Å²) in [5.74, 6) is -0.375. The van der Waals surface area contributed by atoms with E-state index in [1.54, 1.807) is 60.7 Å². The van der Waals surface area contributed by atoms with E-state index in [9.17, 15) is 22.8 Å². The van der Waals surface area contributed by atoms with E-state index in [4.69, 9.17) is 0 Å². The molecule has 0 bridgehead atoms. The molecule has 33 heavy (non-hydrogen) atoms. The van der Waals surface area contributed by atoms with Crippen molar-refractivity contribution in [3.63, 3.8) is 0 Å². The Kier molecular flexibility index (Phi) is 6.09. The minimum Gasteiger partial charge on any atom is -0.326 e. The summed E-state index contributed by atoms with van der Waals surface area (Å²) in [7, 11) is -3.76. The van der Waals surface area contributed by atoms with Crippen LogP contribution < -0.4 is 21.3 Å². The third kappa shape index (κ3) is 5.01. The molecule has 0 spiro atoms. The number of para-hydroxylation sites is 1. The molecule has 4 aromatic rings. The SMILES string of the molecule is O=C(CCn1c(=O)[nH]c(=O)c2ccccc21)Nc1cccc(NS(=O)(=O)c2ccccc2)c1. The lowest BCUT2D eigenvalue weighted by molar-refractivity contribution is -0.116. The van der Waals surface area contributed by atoms with Gasteiger partial charge in [-0.05, 0) is 42.5 Å². The number of fused-ring (bicyclic) bond motifs is 1. The molecule has 4 rings (SSSR count). The van der Waals surface area contributed by atoms with Crippen LogP contribution in [0.2, 0.25) is 0 Å². The molecule has 0 aliphatic heterocycles. The highest BCUT2D eigenvalue weighted by Gasteiger charge is 2.14. The largest absolute Gasteiger partial charge is 0.328 e. The first-order chi connectivity index (χ1) is 15.8. The lowest BCUT2D eigenvalue weighted by atomic mass is 10.2. The lowest BCUT2D eigenvalue weighted by Crippen LogP contribution is -2.31. The van der Waals surface area contributed by atoms with E-state index in [2.05, 4.69) is 15.0 Å². The molecule has 0 radical (unpaired) electrons. The number of amides is 1.